The number of methoxy groups -OCH3 is 2. The zero-order chi connectivity index (χ0) is 24.0. The lowest BCUT2D eigenvalue weighted by Gasteiger charge is -2.42. The molecule has 4 rings (SSSR count). The number of hydrogen-bond donors (Lipinski definition) is 1. The predicted octanol–water partition coefficient (Wildman–Crippen LogP) is 5.29. The summed E-state index contributed by atoms with van der Waals surface area (Å²) >= 11 is 0. The van der Waals surface area contributed by atoms with E-state index >= 15 is 0 Å². The van der Waals surface area contributed by atoms with E-state index in [9.17, 15) is 4.79 Å². The summed E-state index contributed by atoms with van der Waals surface area (Å²) in [7, 11) is 3.30. The van der Waals surface area contributed by atoms with Crippen LogP contribution in [0, 0.1) is 5.92 Å². The van der Waals surface area contributed by atoms with Crippen LogP contribution in [0.2, 0.25) is 0 Å². The van der Waals surface area contributed by atoms with Crippen LogP contribution in [-0.2, 0) is 24.4 Å². The fourth-order valence-corrected chi connectivity index (χ4v) is 6.01. The number of rotatable bonds is 11. The van der Waals surface area contributed by atoms with E-state index in [0.717, 1.165) is 70.5 Å². The third kappa shape index (κ3) is 5.54. The molecular formula is C28H44N2O4. The summed E-state index contributed by atoms with van der Waals surface area (Å²) in [6.45, 7) is 5.75. The fourth-order valence-electron chi connectivity index (χ4n) is 6.01. The minimum atomic E-state index is -0.478. The molecule has 1 aliphatic heterocycles. The minimum Gasteiger partial charge on any atom is -0.468 e. The van der Waals surface area contributed by atoms with Crippen LogP contribution in [-0.4, -0.2) is 58.6 Å². The fraction of sp³-hybridized carbons (Fsp3) is 0.750. The van der Waals surface area contributed by atoms with Crippen LogP contribution in [0.4, 0.5) is 11.4 Å². The number of nitrogens with one attached hydrogen (secondary N) is 1. The van der Waals surface area contributed by atoms with Crippen LogP contribution < -0.4 is 10.2 Å². The Kier molecular flexibility index (Phi) is 8.75. The van der Waals surface area contributed by atoms with Crippen LogP contribution in [0.3, 0.4) is 0 Å². The van der Waals surface area contributed by atoms with Crippen molar-refractivity contribution in [1.29, 1.82) is 0 Å². The highest BCUT2D eigenvalue weighted by Crippen LogP contribution is 2.47. The molecule has 6 heteroatoms. The molecule has 2 aliphatic carbocycles. The molecule has 1 aromatic carbocycles. The second-order valence-corrected chi connectivity index (χ2v) is 10.7. The second kappa shape index (κ2) is 11.8. The van der Waals surface area contributed by atoms with Gasteiger partial charge in [0.15, 0.2) is 0 Å². The van der Waals surface area contributed by atoms with E-state index < -0.39 is 5.41 Å². The van der Waals surface area contributed by atoms with Crippen molar-refractivity contribution in [2.75, 3.05) is 50.8 Å². The van der Waals surface area contributed by atoms with E-state index in [0.29, 0.717) is 18.0 Å². The van der Waals surface area contributed by atoms with Crippen molar-refractivity contribution >= 4 is 17.3 Å². The van der Waals surface area contributed by atoms with Gasteiger partial charge < -0.3 is 24.4 Å². The molecule has 0 spiro atoms. The smallest absolute Gasteiger partial charge is 0.316 e. The topological polar surface area (TPSA) is 60.0 Å². The highest BCUT2D eigenvalue weighted by molar-refractivity contribution is 5.86. The monoisotopic (exact) mass is 472 g/mol. The summed E-state index contributed by atoms with van der Waals surface area (Å²) in [5.74, 6) is 0.433. The Hall–Kier alpha value is -1.79. The largest absolute Gasteiger partial charge is 0.468 e. The number of esters is 1. The summed E-state index contributed by atoms with van der Waals surface area (Å²) in [4.78, 5) is 15.4. The van der Waals surface area contributed by atoms with Crippen molar-refractivity contribution in [3.8, 4) is 0 Å². The molecular weight excluding hydrogens is 428 g/mol. The predicted molar refractivity (Wildman–Crippen MR) is 137 cm³/mol. The van der Waals surface area contributed by atoms with Gasteiger partial charge in [-0.1, -0.05) is 32.3 Å². The molecule has 3 fully saturated rings. The van der Waals surface area contributed by atoms with Gasteiger partial charge >= 0.3 is 5.97 Å². The lowest BCUT2D eigenvalue weighted by atomic mass is 9.64. The highest BCUT2D eigenvalue weighted by Gasteiger charge is 2.47. The Bertz CT molecular complexity index is 798. The second-order valence-electron chi connectivity index (χ2n) is 10.7. The first-order valence-electron chi connectivity index (χ1n) is 13.4. The Morgan fingerprint density at radius 1 is 1.15 bits per heavy atom. The highest BCUT2D eigenvalue weighted by atomic mass is 16.5. The molecule has 1 aromatic rings. The number of carbonyl (C=O) groups excluding carboxylic acids is 1. The molecule has 0 bridgehead atoms. The quantitative estimate of drug-likeness (QED) is 0.442. The van der Waals surface area contributed by atoms with Gasteiger partial charge in [0.2, 0.25) is 0 Å². The molecule has 0 aromatic heterocycles. The molecule has 1 heterocycles. The maximum Gasteiger partial charge on any atom is 0.316 e. The van der Waals surface area contributed by atoms with E-state index in [-0.39, 0.29) is 5.97 Å². The van der Waals surface area contributed by atoms with Gasteiger partial charge in [-0.2, -0.15) is 0 Å². The normalized spacial score (nSPS) is 21.6. The first kappa shape index (κ1) is 25.3. The molecule has 190 valence electrons. The summed E-state index contributed by atoms with van der Waals surface area (Å²) in [6, 6.07) is 7.71. The number of ether oxygens (including phenoxy) is 3. The van der Waals surface area contributed by atoms with Gasteiger partial charge in [0.1, 0.15) is 0 Å². The van der Waals surface area contributed by atoms with Crippen molar-refractivity contribution in [3.63, 3.8) is 0 Å². The summed E-state index contributed by atoms with van der Waals surface area (Å²) in [5.41, 5.74) is 3.08. The molecule has 0 radical (unpaired) electrons. The first-order chi connectivity index (χ1) is 16.6. The molecule has 3 aliphatic rings. The van der Waals surface area contributed by atoms with E-state index in [2.05, 4.69) is 35.3 Å². The third-order valence-corrected chi connectivity index (χ3v) is 8.31. The standard InChI is InChI=1S/C28H44N2O4/c1-21(11-16-32-2)20-30(24-12-17-34-18-13-24)26-10-9-22(28(14-6-15-28)27(31)33-3)19-25(26)29-23-7-4-5-8-23/h9-10,19,21,23-24,29H,4-8,11-18,20H2,1-3H3. The van der Waals surface area contributed by atoms with Gasteiger partial charge in [0, 0.05) is 45.6 Å². The zero-order valence-electron chi connectivity index (χ0n) is 21.4. The van der Waals surface area contributed by atoms with Gasteiger partial charge in [-0.25, -0.2) is 0 Å². The molecule has 2 saturated carbocycles. The molecule has 1 saturated heterocycles. The van der Waals surface area contributed by atoms with Crippen molar-refractivity contribution in [3.05, 3.63) is 23.8 Å². The molecule has 34 heavy (non-hydrogen) atoms. The van der Waals surface area contributed by atoms with Crippen LogP contribution >= 0.6 is 0 Å². The van der Waals surface area contributed by atoms with Crippen LogP contribution in [0.5, 0.6) is 0 Å². The molecule has 6 nitrogen and oxygen atoms in total. The molecule has 1 unspecified atom stereocenters. The van der Waals surface area contributed by atoms with E-state index in [4.69, 9.17) is 14.2 Å². The average molecular weight is 473 g/mol. The zero-order valence-corrected chi connectivity index (χ0v) is 21.4. The van der Waals surface area contributed by atoms with Gasteiger partial charge in [0.05, 0.1) is 23.9 Å². The maximum absolute atomic E-state index is 12.8. The Labute approximate surface area is 205 Å². The third-order valence-electron chi connectivity index (χ3n) is 8.31. The van der Waals surface area contributed by atoms with Crippen molar-refractivity contribution < 1.29 is 19.0 Å². The van der Waals surface area contributed by atoms with Crippen molar-refractivity contribution in [2.24, 2.45) is 5.92 Å². The van der Waals surface area contributed by atoms with Gasteiger partial charge in [-0.3, -0.25) is 4.79 Å². The van der Waals surface area contributed by atoms with Crippen LogP contribution in [0.25, 0.3) is 0 Å². The van der Waals surface area contributed by atoms with E-state index in [1.54, 1.807) is 7.11 Å². The number of carbonyl (C=O) groups is 1. The Morgan fingerprint density at radius 2 is 1.88 bits per heavy atom. The van der Waals surface area contributed by atoms with Crippen molar-refractivity contribution in [1.82, 2.24) is 0 Å². The van der Waals surface area contributed by atoms with E-state index in [1.807, 2.05) is 0 Å². The molecule has 1 N–H and O–H groups in total. The van der Waals surface area contributed by atoms with E-state index in [1.165, 1.54) is 44.2 Å². The SMILES string of the molecule is COCCC(C)CN(c1ccc(C2(C(=O)OC)CCC2)cc1NC1CCCC1)C1CCOCC1. The van der Waals surface area contributed by atoms with Crippen molar-refractivity contribution in [2.45, 2.75) is 88.6 Å². The first-order valence-corrected chi connectivity index (χ1v) is 13.4. The Balaban J connectivity index is 1.68. The van der Waals surface area contributed by atoms with Gasteiger partial charge in [0.25, 0.3) is 0 Å². The summed E-state index contributed by atoms with van der Waals surface area (Å²) in [6.07, 6.45) is 11.0. The molecule has 0 amide bonds. The lowest BCUT2D eigenvalue weighted by Crippen LogP contribution is -2.44. The number of benzene rings is 1. The minimum absolute atomic E-state index is 0.0900. The number of anilines is 2. The molecule has 1 atom stereocenters. The van der Waals surface area contributed by atoms with Gasteiger partial charge in [-0.15, -0.1) is 0 Å². The van der Waals surface area contributed by atoms with Gasteiger partial charge in [-0.05, 0) is 68.6 Å². The average Bonchev–Trinajstić information content (AvgIpc) is 3.34. The lowest BCUT2D eigenvalue weighted by molar-refractivity contribution is -0.151. The maximum atomic E-state index is 12.8. The van der Waals surface area contributed by atoms with Crippen LogP contribution in [0.15, 0.2) is 18.2 Å². The summed E-state index contributed by atoms with van der Waals surface area (Å²) < 4.78 is 16.3. The summed E-state index contributed by atoms with van der Waals surface area (Å²) in [5, 5.41) is 3.91. The number of nitrogens with zero attached hydrogens (tertiary/aromatic N) is 1. The number of hydrogen-bond acceptors (Lipinski definition) is 6. The van der Waals surface area contributed by atoms with Crippen LogP contribution in [0.1, 0.15) is 76.7 Å². The Morgan fingerprint density at radius 3 is 2.50 bits per heavy atom.